The van der Waals surface area contributed by atoms with Gasteiger partial charge >= 0.3 is 0 Å². The van der Waals surface area contributed by atoms with E-state index in [4.69, 9.17) is 16.3 Å². The molecule has 214 valence electrons. The molecule has 2 saturated heterocycles. The fourth-order valence-electron chi connectivity index (χ4n) is 5.84. The fourth-order valence-corrected chi connectivity index (χ4v) is 7.43. The molecule has 1 saturated carbocycles. The van der Waals surface area contributed by atoms with E-state index in [1.807, 2.05) is 47.4 Å². The van der Waals surface area contributed by atoms with Crippen molar-refractivity contribution in [3.8, 4) is 5.75 Å². The number of hydrogen-bond acceptors (Lipinski definition) is 6. The van der Waals surface area contributed by atoms with Crippen LogP contribution >= 0.6 is 23.4 Å². The molecule has 5 rings (SSSR count). The van der Waals surface area contributed by atoms with Crippen LogP contribution in [0.1, 0.15) is 37.7 Å². The number of amides is 2. The van der Waals surface area contributed by atoms with Crippen LogP contribution in [0, 0.1) is 0 Å². The van der Waals surface area contributed by atoms with Crippen molar-refractivity contribution in [2.75, 3.05) is 57.8 Å². The number of nitrogens with zero attached hydrogens (tertiary/aromatic N) is 3. The number of nitrogens with one attached hydrogen (secondary N) is 1. The molecule has 2 aliphatic heterocycles. The highest BCUT2D eigenvalue weighted by Gasteiger charge is 2.41. The minimum absolute atomic E-state index is 0.0343. The first kappa shape index (κ1) is 28.8. The number of hydrogen-bond donors (Lipinski definition) is 1. The molecule has 0 spiro atoms. The summed E-state index contributed by atoms with van der Waals surface area (Å²) in [6.07, 6.45) is 7.15. The van der Waals surface area contributed by atoms with Gasteiger partial charge in [0.1, 0.15) is 12.3 Å². The van der Waals surface area contributed by atoms with Gasteiger partial charge in [0.05, 0.1) is 12.0 Å². The summed E-state index contributed by atoms with van der Waals surface area (Å²) in [5.41, 5.74) is 2.17. The van der Waals surface area contributed by atoms with Crippen molar-refractivity contribution in [3.63, 3.8) is 0 Å². The lowest BCUT2D eigenvalue weighted by molar-refractivity contribution is -0.135. The number of rotatable bonds is 9. The van der Waals surface area contributed by atoms with Crippen LogP contribution in [-0.4, -0.2) is 85.8 Å². The van der Waals surface area contributed by atoms with Gasteiger partial charge in [-0.3, -0.25) is 14.5 Å². The minimum atomic E-state index is -0.0697. The van der Waals surface area contributed by atoms with E-state index in [1.165, 1.54) is 12.1 Å². The normalized spacial score (nSPS) is 22.8. The molecule has 0 aromatic heterocycles. The van der Waals surface area contributed by atoms with Crippen LogP contribution in [0.4, 0.5) is 5.69 Å². The Bertz CT molecular complexity index is 1180. The first-order valence-corrected chi connectivity index (χ1v) is 15.6. The van der Waals surface area contributed by atoms with Crippen molar-refractivity contribution >= 4 is 46.9 Å². The number of methoxy groups -OCH3 is 1. The van der Waals surface area contributed by atoms with Crippen LogP contribution < -0.4 is 15.0 Å². The maximum absolute atomic E-state index is 13.5. The summed E-state index contributed by atoms with van der Waals surface area (Å²) in [6.45, 7) is 5.69. The van der Waals surface area contributed by atoms with Gasteiger partial charge in [-0.15, -0.1) is 11.8 Å². The number of carbonyl (C=O) groups excluding carboxylic acids is 2. The number of piperazine rings is 1. The van der Waals surface area contributed by atoms with Gasteiger partial charge in [0, 0.05) is 54.7 Å². The SMILES string of the molecule is COc1ccc(N2CCN(CCCNC(=O)CN3C(=O)/C(=C/c4ccc(Cl)cc4)SC4CCCCC43)CC2)cc1. The minimum Gasteiger partial charge on any atom is -0.497 e. The van der Waals surface area contributed by atoms with Crippen molar-refractivity contribution in [1.29, 1.82) is 0 Å². The van der Waals surface area contributed by atoms with E-state index in [0.717, 1.165) is 69.7 Å². The number of halogens is 1. The quantitative estimate of drug-likeness (QED) is 0.335. The zero-order valence-electron chi connectivity index (χ0n) is 23.2. The average molecular weight is 583 g/mol. The molecule has 9 heteroatoms. The van der Waals surface area contributed by atoms with E-state index in [0.29, 0.717) is 21.7 Å². The third-order valence-corrected chi connectivity index (χ3v) is 9.73. The Morgan fingerprint density at radius 1 is 1.05 bits per heavy atom. The van der Waals surface area contributed by atoms with Crippen molar-refractivity contribution < 1.29 is 14.3 Å². The Morgan fingerprint density at radius 2 is 1.77 bits per heavy atom. The summed E-state index contributed by atoms with van der Waals surface area (Å²) >= 11 is 7.72. The largest absolute Gasteiger partial charge is 0.497 e. The zero-order chi connectivity index (χ0) is 27.9. The molecule has 2 aromatic carbocycles. The molecule has 2 amide bonds. The second-order valence-electron chi connectivity index (χ2n) is 10.7. The highest BCUT2D eigenvalue weighted by Crippen LogP contribution is 2.42. The van der Waals surface area contributed by atoms with Crippen LogP contribution in [0.15, 0.2) is 53.4 Å². The molecule has 2 aromatic rings. The Morgan fingerprint density at radius 3 is 2.50 bits per heavy atom. The van der Waals surface area contributed by atoms with Gasteiger partial charge in [0.2, 0.25) is 5.91 Å². The van der Waals surface area contributed by atoms with Crippen LogP contribution in [0.25, 0.3) is 6.08 Å². The molecule has 0 radical (unpaired) electrons. The number of carbonyl (C=O) groups is 2. The van der Waals surface area contributed by atoms with E-state index in [9.17, 15) is 9.59 Å². The highest BCUT2D eigenvalue weighted by atomic mass is 35.5. The smallest absolute Gasteiger partial charge is 0.261 e. The van der Waals surface area contributed by atoms with Crippen LogP contribution in [-0.2, 0) is 9.59 Å². The third-order valence-electron chi connectivity index (χ3n) is 8.08. The highest BCUT2D eigenvalue weighted by molar-refractivity contribution is 8.04. The van der Waals surface area contributed by atoms with Gasteiger partial charge in [-0.1, -0.05) is 36.6 Å². The molecule has 40 heavy (non-hydrogen) atoms. The van der Waals surface area contributed by atoms with Crippen molar-refractivity contribution in [1.82, 2.24) is 15.1 Å². The maximum Gasteiger partial charge on any atom is 0.261 e. The lowest BCUT2D eigenvalue weighted by atomic mass is 9.93. The Labute approximate surface area is 246 Å². The number of benzene rings is 2. The van der Waals surface area contributed by atoms with Crippen LogP contribution in [0.3, 0.4) is 0 Å². The van der Waals surface area contributed by atoms with Crippen molar-refractivity contribution in [3.05, 3.63) is 64.0 Å². The van der Waals surface area contributed by atoms with E-state index >= 15 is 0 Å². The van der Waals surface area contributed by atoms with Crippen LogP contribution in [0.2, 0.25) is 5.02 Å². The topological polar surface area (TPSA) is 65.1 Å². The second kappa shape index (κ2) is 13.8. The van der Waals surface area contributed by atoms with Gasteiger partial charge in [-0.25, -0.2) is 0 Å². The molecule has 7 nitrogen and oxygen atoms in total. The summed E-state index contributed by atoms with van der Waals surface area (Å²) < 4.78 is 5.26. The lowest BCUT2D eigenvalue weighted by Crippen LogP contribution is -2.54. The molecule has 3 fully saturated rings. The summed E-state index contributed by atoms with van der Waals surface area (Å²) in [5.74, 6) is 0.772. The molecule has 1 N–H and O–H groups in total. The van der Waals surface area contributed by atoms with Crippen LogP contribution in [0.5, 0.6) is 5.75 Å². The van der Waals surface area contributed by atoms with E-state index < -0.39 is 0 Å². The zero-order valence-corrected chi connectivity index (χ0v) is 24.8. The summed E-state index contributed by atoms with van der Waals surface area (Å²) in [5, 5.41) is 4.09. The molecular weight excluding hydrogens is 544 g/mol. The Kier molecular flexibility index (Phi) is 9.94. The van der Waals surface area contributed by atoms with Gasteiger partial charge < -0.3 is 19.9 Å². The standard InChI is InChI=1S/C31H39ClN4O3S/c1-39-26-13-11-25(12-14-26)35-19-17-34(18-20-35)16-4-15-33-30(37)22-36-27-5-2-3-6-28(27)40-29(31(36)38)21-23-7-9-24(32)10-8-23/h7-14,21,27-28H,2-6,15-20,22H2,1H3,(H,33,37)/b29-21-. The van der Waals surface area contributed by atoms with E-state index in [-0.39, 0.29) is 24.4 Å². The number of thioether (sulfide) groups is 1. The molecular formula is C31H39ClN4O3S. The number of fused-ring (bicyclic) bond motifs is 1. The lowest BCUT2D eigenvalue weighted by Gasteiger charge is -2.43. The fraction of sp³-hybridized carbons (Fsp3) is 0.484. The number of ether oxygens (including phenoxy) is 1. The molecule has 2 heterocycles. The van der Waals surface area contributed by atoms with Gasteiger partial charge in [0.25, 0.3) is 5.91 Å². The van der Waals surface area contributed by atoms with Crippen molar-refractivity contribution in [2.45, 2.75) is 43.4 Å². The summed E-state index contributed by atoms with van der Waals surface area (Å²) in [7, 11) is 1.69. The molecule has 3 aliphatic rings. The average Bonchev–Trinajstić information content (AvgIpc) is 2.99. The monoisotopic (exact) mass is 582 g/mol. The van der Waals surface area contributed by atoms with Gasteiger partial charge in [-0.2, -0.15) is 0 Å². The Hall–Kier alpha value is -2.68. The Balaban J connectivity index is 1.08. The summed E-state index contributed by atoms with van der Waals surface area (Å²) in [6, 6.07) is 15.9. The van der Waals surface area contributed by atoms with Gasteiger partial charge in [-0.05, 0) is 73.8 Å². The molecule has 1 aliphatic carbocycles. The predicted octanol–water partition coefficient (Wildman–Crippen LogP) is 4.90. The predicted molar refractivity (Wildman–Crippen MR) is 164 cm³/mol. The second-order valence-corrected chi connectivity index (χ2v) is 12.4. The molecule has 2 atom stereocenters. The maximum atomic E-state index is 13.5. The van der Waals surface area contributed by atoms with Gasteiger partial charge in [0.15, 0.2) is 0 Å². The first-order valence-electron chi connectivity index (χ1n) is 14.3. The third kappa shape index (κ3) is 7.33. The first-order chi connectivity index (χ1) is 19.5. The van der Waals surface area contributed by atoms with Crippen molar-refractivity contribution in [2.24, 2.45) is 0 Å². The molecule has 2 unspecified atom stereocenters. The summed E-state index contributed by atoms with van der Waals surface area (Å²) in [4.78, 5) is 33.9. The molecule has 0 bridgehead atoms. The van der Waals surface area contributed by atoms with E-state index in [1.54, 1.807) is 18.9 Å². The van der Waals surface area contributed by atoms with E-state index in [2.05, 4.69) is 27.2 Å². The number of anilines is 1.